The minimum absolute atomic E-state index is 0.0303. The van der Waals surface area contributed by atoms with Crippen LogP contribution >= 0.6 is 0 Å². The fourth-order valence-electron chi connectivity index (χ4n) is 2.18. The first-order chi connectivity index (χ1) is 8.49. The summed E-state index contributed by atoms with van der Waals surface area (Å²) in [5, 5.41) is 9.09. The van der Waals surface area contributed by atoms with E-state index in [1.165, 1.54) is 4.90 Å². The molecule has 0 spiro atoms. The zero-order chi connectivity index (χ0) is 13.7. The van der Waals surface area contributed by atoms with Gasteiger partial charge in [-0.15, -0.1) is 0 Å². The lowest BCUT2D eigenvalue weighted by molar-refractivity contribution is -0.141. The number of carbonyl (C=O) groups excluding carboxylic acids is 1. The van der Waals surface area contributed by atoms with Crippen molar-refractivity contribution < 1.29 is 19.4 Å². The molecule has 18 heavy (non-hydrogen) atoms. The highest BCUT2D eigenvalue weighted by Crippen LogP contribution is 2.20. The number of amides is 2. The van der Waals surface area contributed by atoms with E-state index in [9.17, 15) is 9.59 Å². The first-order valence-corrected chi connectivity index (χ1v) is 6.28. The lowest BCUT2D eigenvalue weighted by Gasteiger charge is -2.32. The summed E-state index contributed by atoms with van der Waals surface area (Å²) in [6, 6.07) is -0.851. The van der Waals surface area contributed by atoms with Gasteiger partial charge >= 0.3 is 12.0 Å². The molecule has 0 bridgehead atoms. The largest absolute Gasteiger partial charge is 0.480 e. The lowest BCUT2D eigenvalue weighted by Crippen LogP contribution is -2.51. The molecular formula is C12H22N2O4. The second-order valence-corrected chi connectivity index (χ2v) is 4.75. The van der Waals surface area contributed by atoms with E-state index in [1.54, 1.807) is 12.0 Å². The Bertz CT molecular complexity index is 306. The van der Waals surface area contributed by atoms with Gasteiger partial charge in [0.15, 0.2) is 0 Å². The van der Waals surface area contributed by atoms with E-state index in [4.69, 9.17) is 9.84 Å². The van der Waals surface area contributed by atoms with Gasteiger partial charge in [-0.25, -0.2) is 9.59 Å². The van der Waals surface area contributed by atoms with Gasteiger partial charge < -0.3 is 19.6 Å². The summed E-state index contributed by atoms with van der Waals surface area (Å²) in [5.74, 6) is -0.920. The summed E-state index contributed by atoms with van der Waals surface area (Å²) in [4.78, 5) is 26.5. The predicted molar refractivity (Wildman–Crippen MR) is 66.5 cm³/mol. The first-order valence-electron chi connectivity index (χ1n) is 6.28. The van der Waals surface area contributed by atoms with Crippen LogP contribution in [0, 0.1) is 0 Å². The average molecular weight is 258 g/mol. The van der Waals surface area contributed by atoms with Crippen molar-refractivity contribution in [1.82, 2.24) is 9.80 Å². The highest BCUT2D eigenvalue weighted by Gasteiger charge is 2.36. The van der Waals surface area contributed by atoms with E-state index in [2.05, 4.69) is 0 Å². The molecule has 1 rings (SSSR count). The summed E-state index contributed by atoms with van der Waals surface area (Å²) in [6.07, 6.45) is 1.29. The molecule has 0 aromatic carbocycles. The maximum absolute atomic E-state index is 12.3. The maximum Gasteiger partial charge on any atom is 0.326 e. The van der Waals surface area contributed by atoms with Crippen LogP contribution in [0.2, 0.25) is 0 Å². The van der Waals surface area contributed by atoms with Crippen LogP contribution in [0.5, 0.6) is 0 Å². The number of ether oxygens (including phenoxy) is 1. The topological polar surface area (TPSA) is 70.1 Å². The number of aliphatic carboxylic acids is 1. The Balaban J connectivity index is 2.72. The number of rotatable bonds is 5. The molecule has 0 aliphatic carbocycles. The standard InChI is InChI=1S/C12H22N2O4/c1-9(2)13(7-8-18-3)12(17)14-6-4-5-10(14)11(15)16/h9-10H,4-8H2,1-3H3,(H,15,16). The highest BCUT2D eigenvalue weighted by atomic mass is 16.5. The molecule has 1 heterocycles. The number of urea groups is 1. The molecule has 1 N–H and O–H groups in total. The van der Waals surface area contributed by atoms with Gasteiger partial charge in [-0.1, -0.05) is 0 Å². The number of carboxylic acids is 1. The molecule has 1 saturated heterocycles. The van der Waals surface area contributed by atoms with Crippen LogP contribution in [0.1, 0.15) is 26.7 Å². The first kappa shape index (κ1) is 14.8. The Morgan fingerprint density at radius 1 is 1.50 bits per heavy atom. The molecule has 0 aromatic heterocycles. The van der Waals surface area contributed by atoms with E-state index < -0.39 is 12.0 Å². The summed E-state index contributed by atoms with van der Waals surface area (Å²) in [6.45, 7) is 5.29. The monoisotopic (exact) mass is 258 g/mol. The molecule has 0 aromatic rings. The number of hydrogen-bond donors (Lipinski definition) is 1. The van der Waals surface area contributed by atoms with Crippen molar-refractivity contribution in [2.45, 2.75) is 38.8 Å². The predicted octanol–water partition coefficient (Wildman–Crippen LogP) is 1.01. The van der Waals surface area contributed by atoms with Gasteiger partial charge in [0.05, 0.1) is 6.61 Å². The van der Waals surface area contributed by atoms with E-state index >= 15 is 0 Å². The van der Waals surface area contributed by atoms with E-state index in [0.717, 1.165) is 6.42 Å². The molecule has 6 heteroatoms. The van der Waals surface area contributed by atoms with Crippen LogP contribution in [0.15, 0.2) is 0 Å². The molecule has 1 fully saturated rings. The van der Waals surface area contributed by atoms with Crippen molar-refractivity contribution in [3.8, 4) is 0 Å². The van der Waals surface area contributed by atoms with Gasteiger partial charge in [0, 0.05) is 26.2 Å². The molecule has 1 aliphatic rings. The number of methoxy groups -OCH3 is 1. The Hall–Kier alpha value is -1.30. The minimum atomic E-state index is -0.920. The van der Waals surface area contributed by atoms with Gasteiger partial charge in [-0.3, -0.25) is 0 Å². The van der Waals surface area contributed by atoms with Crippen LogP contribution in [-0.2, 0) is 9.53 Å². The van der Waals surface area contributed by atoms with Crippen molar-refractivity contribution in [2.75, 3.05) is 26.8 Å². The summed E-state index contributed by atoms with van der Waals surface area (Å²) in [5.41, 5.74) is 0. The van der Waals surface area contributed by atoms with Gasteiger partial charge in [-0.2, -0.15) is 0 Å². The van der Waals surface area contributed by atoms with E-state index in [1.807, 2.05) is 13.8 Å². The molecular weight excluding hydrogens is 236 g/mol. The second-order valence-electron chi connectivity index (χ2n) is 4.75. The SMILES string of the molecule is COCCN(C(=O)N1CCCC1C(=O)O)C(C)C. The molecule has 104 valence electrons. The Kier molecular flexibility index (Phi) is 5.40. The third-order valence-corrected chi connectivity index (χ3v) is 3.19. The third-order valence-electron chi connectivity index (χ3n) is 3.19. The minimum Gasteiger partial charge on any atom is -0.480 e. The van der Waals surface area contributed by atoms with Gasteiger partial charge in [0.1, 0.15) is 6.04 Å². The van der Waals surface area contributed by atoms with Crippen LogP contribution in [0.25, 0.3) is 0 Å². The van der Waals surface area contributed by atoms with Gasteiger partial charge in [-0.05, 0) is 26.7 Å². The molecule has 0 saturated carbocycles. The van der Waals surface area contributed by atoms with Gasteiger partial charge in [0.2, 0.25) is 0 Å². The molecule has 1 aliphatic heterocycles. The summed E-state index contributed by atoms with van der Waals surface area (Å²) in [7, 11) is 1.58. The van der Waals surface area contributed by atoms with Crippen molar-refractivity contribution in [1.29, 1.82) is 0 Å². The maximum atomic E-state index is 12.3. The number of hydrogen-bond acceptors (Lipinski definition) is 3. The smallest absolute Gasteiger partial charge is 0.326 e. The van der Waals surface area contributed by atoms with Crippen molar-refractivity contribution in [2.24, 2.45) is 0 Å². The number of nitrogens with zero attached hydrogens (tertiary/aromatic N) is 2. The highest BCUT2D eigenvalue weighted by molar-refractivity contribution is 5.83. The van der Waals surface area contributed by atoms with Crippen LogP contribution in [0.3, 0.4) is 0 Å². The Labute approximate surface area is 107 Å². The van der Waals surface area contributed by atoms with Gasteiger partial charge in [0.25, 0.3) is 0 Å². The lowest BCUT2D eigenvalue weighted by atomic mass is 10.2. The molecule has 0 radical (unpaired) electrons. The zero-order valence-electron chi connectivity index (χ0n) is 11.3. The normalized spacial score (nSPS) is 19.3. The number of carboxylic acid groups (broad SMARTS) is 1. The fourth-order valence-corrected chi connectivity index (χ4v) is 2.18. The average Bonchev–Trinajstić information content (AvgIpc) is 2.77. The Morgan fingerprint density at radius 3 is 2.67 bits per heavy atom. The van der Waals surface area contributed by atoms with Crippen LogP contribution in [-0.4, -0.2) is 65.8 Å². The zero-order valence-corrected chi connectivity index (χ0v) is 11.3. The molecule has 1 unspecified atom stereocenters. The summed E-state index contributed by atoms with van der Waals surface area (Å²) >= 11 is 0. The number of likely N-dealkylation sites (tertiary alicyclic amines) is 1. The fraction of sp³-hybridized carbons (Fsp3) is 0.833. The van der Waals surface area contributed by atoms with E-state index in [-0.39, 0.29) is 12.1 Å². The van der Waals surface area contributed by atoms with Crippen molar-refractivity contribution in [3.05, 3.63) is 0 Å². The van der Waals surface area contributed by atoms with Crippen molar-refractivity contribution in [3.63, 3.8) is 0 Å². The third kappa shape index (κ3) is 3.35. The number of carbonyl (C=O) groups is 2. The van der Waals surface area contributed by atoms with Crippen molar-refractivity contribution >= 4 is 12.0 Å². The second kappa shape index (κ2) is 6.58. The van der Waals surface area contributed by atoms with Crippen LogP contribution in [0.4, 0.5) is 4.79 Å². The molecule has 6 nitrogen and oxygen atoms in total. The quantitative estimate of drug-likeness (QED) is 0.799. The van der Waals surface area contributed by atoms with Crippen LogP contribution < -0.4 is 0 Å². The molecule has 2 amide bonds. The van der Waals surface area contributed by atoms with E-state index in [0.29, 0.717) is 26.1 Å². The molecule has 1 atom stereocenters. The summed E-state index contributed by atoms with van der Waals surface area (Å²) < 4.78 is 4.98. The Morgan fingerprint density at radius 2 is 2.17 bits per heavy atom.